The molecule has 1 unspecified atom stereocenters. The average Bonchev–Trinajstić information content (AvgIpc) is 3.01. The lowest BCUT2D eigenvalue weighted by Crippen LogP contribution is -2.40. The quantitative estimate of drug-likeness (QED) is 0.483. The van der Waals surface area contributed by atoms with Crippen molar-refractivity contribution in [2.24, 2.45) is 5.92 Å². The fourth-order valence-corrected chi connectivity index (χ4v) is 4.02. The molecule has 2 aliphatic heterocycles. The number of ether oxygens (including phenoxy) is 1. The van der Waals surface area contributed by atoms with Crippen LogP contribution < -0.4 is 0 Å². The number of unbranched alkanes of at least 4 members (excludes halogenated alkanes) is 1. The van der Waals surface area contributed by atoms with Gasteiger partial charge in [0.2, 0.25) is 0 Å². The lowest BCUT2D eigenvalue weighted by atomic mass is 9.97. The van der Waals surface area contributed by atoms with E-state index in [1.165, 1.54) is 4.90 Å². The number of likely N-dealkylation sites (tertiary alicyclic amines) is 1. The van der Waals surface area contributed by atoms with Gasteiger partial charge in [0.15, 0.2) is 0 Å². The summed E-state index contributed by atoms with van der Waals surface area (Å²) in [6.45, 7) is 5.18. The molecule has 0 aromatic heterocycles. The fraction of sp³-hybridized carbons (Fsp3) is 0.565. The Labute approximate surface area is 173 Å². The summed E-state index contributed by atoms with van der Waals surface area (Å²) in [5, 5.41) is 9.59. The summed E-state index contributed by atoms with van der Waals surface area (Å²) in [5.74, 6) is -0.311. The zero-order chi connectivity index (χ0) is 20.6. The Kier molecular flexibility index (Phi) is 7.83. The summed E-state index contributed by atoms with van der Waals surface area (Å²) in [4.78, 5) is 29.8. The highest BCUT2D eigenvalue weighted by Gasteiger charge is 2.42. The maximum absolute atomic E-state index is 13.3. The van der Waals surface area contributed by atoms with Crippen molar-refractivity contribution in [1.82, 2.24) is 9.80 Å². The number of amides is 2. The number of benzene rings is 1. The largest absolute Gasteiger partial charge is 0.396 e. The lowest BCUT2D eigenvalue weighted by molar-refractivity contribution is -0.137. The van der Waals surface area contributed by atoms with Crippen LogP contribution in [0.3, 0.4) is 0 Å². The van der Waals surface area contributed by atoms with E-state index in [1.54, 1.807) is 0 Å². The first kappa shape index (κ1) is 21.5. The molecular weight excluding hydrogens is 368 g/mol. The van der Waals surface area contributed by atoms with Gasteiger partial charge in [0.25, 0.3) is 11.8 Å². The Balaban J connectivity index is 1.78. The van der Waals surface area contributed by atoms with Crippen LogP contribution in [0, 0.1) is 5.92 Å². The Bertz CT molecular complexity index is 732. The van der Waals surface area contributed by atoms with Crippen LogP contribution in [0.1, 0.15) is 44.6 Å². The molecule has 2 aliphatic rings. The van der Waals surface area contributed by atoms with E-state index in [0.717, 1.165) is 37.8 Å². The first-order valence-corrected chi connectivity index (χ1v) is 10.8. The number of carbonyl (C=O) groups is 2. The SMILES string of the molecule is CCCCOCCCN1C(=O)C(c2ccccc2)=C(N2CCCC(CO)C2)C1=O. The van der Waals surface area contributed by atoms with E-state index in [9.17, 15) is 14.7 Å². The van der Waals surface area contributed by atoms with Crippen LogP contribution in [0.4, 0.5) is 0 Å². The molecule has 0 spiro atoms. The van der Waals surface area contributed by atoms with Crippen molar-refractivity contribution in [2.75, 3.05) is 39.5 Å². The van der Waals surface area contributed by atoms with Crippen molar-refractivity contribution in [3.05, 3.63) is 41.6 Å². The highest BCUT2D eigenvalue weighted by molar-refractivity contribution is 6.35. The minimum Gasteiger partial charge on any atom is -0.396 e. The molecule has 0 bridgehead atoms. The molecule has 1 aromatic rings. The topological polar surface area (TPSA) is 70.1 Å². The summed E-state index contributed by atoms with van der Waals surface area (Å²) in [6.07, 6.45) is 4.59. The number of imide groups is 1. The van der Waals surface area contributed by atoms with Crippen molar-refractivity contribution < 1.29 is 19.4 Å². The second kappa shape index (κ2) is 10.6. The first-order chi connectivity index (χ1) is 14.2. The van der Waals surface area contributed by atoms with E-state index in [1.807, 2.05) is 35.2 Å². The van der Waals surface area contributed by atoms with Crippen molar-refractivity contribution in [3.63, 3.8) is 0 Å². The number of hydrogen-bond acceptors (Lipinski definition) is 5. The normalized spacial score (nSPS) is 20.1. The van der Waals surface area contributed by atoms with Crippen molar-refractivity contribution in [1.29, 1.82) is 0 Å². The standard InChI is InChI=1S/C23H32N2O4/c1-2-3-14-29-15-8-13-25-22(27)20(19-10-5-4-6-11-19)21(23(25)28)24-12-7-9-18(16-24)17-26/h4-6,10-11,18,26H,2-3,7-9,12-17H2,1H3. The molecule has 1 N–H and O–H groups in total. The number of carbonyl (C=O) groups excluding carboxylic acids is 2. The van der Waals surface area contributed by atoms with Crippen LogP contribution in [0.2, 0.25) is 0 Å². The van der Waals surface area contributed by atoms with Crippen LogP contribution in [0.5, 0.6) is 0 Å². The van der Waals surface area contributed by atoms with Crippen molar-refractivity contribution in [3.8, 4) is 0 Å². The van der Waals surface area contributed by atoms with Gasteiger partial charge in [-0.05, 0) is 37.2 Å². The van der Waals surface area contributed by atoms with Gasteiger partial charge in [-0.25, -0.2) is 0 Å². The molecule has 0 saturated carbocycles. The summed E-state index contributed by atoms with van der Waals surface area (Å²) < 4.78 is 5.59. The Hall–Kier alpha value is -2.18. The average molecular weight is 401 g/mol. The third-order valence-electron chi connectivity index (χ3n) is 5.61. The Morgan fingerprint density at radius 1 is 1.10 bits per heavy atom. The molecule has 1 saturated heterocycles. The smallest absolute Gasteiger partial charge is 0.277 e. The van der Waals surface area contributed by atoms with E-state index in [-0.39, 0.29) is 24.3 Å². The molecule has 0 radical (unpaired) electrons. The summed E-state index contributed by atoms with van der Waals surface area (Å²) in [6, 6.07) is 9.43. The highest BCUT2D eigenvalue weighted by Crippen LogP contribution is 2.33. The van der Waals surface area contributed by atoms with E-state index < -0.39 is 0 Å². The van der Waals surface area contributed by atoms with Crippen LogP contribution >= 0.6 is 0 Å². The molecule has 0 aliphatic carbocycles. The van der Waals surface area contributed by atoms with Gasteiger partial charge in [-0.3, -0.25) is 14.5 Å². The number of aliphatic hydroxyl groups is 1. The van der Waals surface area contributed by atoms with Gasteiger partial charge in [-0.1, -0.05) is 43.7 Å². The zero-order valence-corrected chi connectivity index (χ0v) is 17.3. The number of piperidine rings is 1. The zero-order valence-electron chi connectivity index (χ0n) is 17.3. The molecule has 1 fully saturated rings. The lowest BCUT2D eigenvalue weighted by Gasteiger charge is -2.34. The molecular formula is C23H32N2O4. The van der Waals surface area contributed by atoms with Gasteiger partial charge in [-0.2, -0.15) is 0 Å². The molecule has 6 heteroatoms. The van der Waals surface area contributed by atoms with Crippen LogP contribution in [0.15, 0.2) is 36.0 Å². The van der Waals surface area contributed by atoms with Gasteiger partial charge in [0.05, 0.1) is 5.57 Å². The fourth-order valence-electron chi connectivity index (χ4n) is 4.02. The third-order valence-corrected chi connectivity index (χ3v) is 5.61. The van der Waals surface area contributed by atoms with Crippen LogP contribution in [-0.4, -0.2) is 66.2 Å². The van der Waals surface area contributed by atoms with Crippen molar-refractivity contribution in [2.45, 2.75) is 39.0 Å². The predicted molar refractivity (Wildman–Crippen MR) is 112 cm³/mol. The monoisotopic (exact) mass is 400 g/mol. The number of rotatable bonds is 10. The van der Waals surface area contributed by atoms with Gasteiger partial charge in [0, 0.05) is 39.5 Å². The minimum absolute atomic E-state index is 0.103. The van der Waals surface area contributed by atoms with Crippen molar-refractivity contribution >= 4 is 17.4 Å². The van der Waals surface area contributed by atoms with Crippen LogP contribution in [-0.2, 0) is 14.3 Å². The van der Waals surface area contributed by atoms with E-state index in [0.29, 0.717) is 44.0 Å². The number of nitrogens with zero attached hydrogens (tertiary/aromatic N) is 2. The summed E-state index contributed by atoms with van der Waals surface area (Å²) in [7, 11) is 0. The predicted octanol–water partition coefficient (Wildman–Crippen LogP) is 2.68. The van der Waals surface area contributed by atoms with E-state index in [2.05, 4.69) is 6.92 Å². The molecule has 1 aromatic carbocycles. The second-order valence-corrected chi connectivity index (χ2v) is 7.81. The van der Waals surface area contributed by atoms with Gasteiger partial charge in [0.1, 0.15) is 5.70 Å². The summed E-state index contributed by atoms with van der Waals surface area (Å²) in [5.41, 5.74) is 1.75. The highest BCUT2D eigenvalue weighted by atomic mass is 16.5. The van der Waals surface area contributed by atoms with Gasteiger partial charge in [-0.15, -0.1) is 0 Å². The summed E-state index contributed by atoms with van der Waals surface area (Å²) >= 11 is 0. The minimum atomic E-state index is -0.226. The molecule has 6 nitrogen and oxygen atoms in total. The van der Waals surface area contributed by atoms with Crippen LogP contribution in [0.25, 0.3) is 5.57 Å². The molecule has 29 heavy (non-hydrogen) atoms. The maximum Gasteiger partial charge on any atom is 0.277 e. The van der Waals surface area contributed by atoms with Gasteiger partial charge < -0.3 is 14.7 Å². The maximum atomic E-state index is 13.3. The van der Waals surface area contributed by atoms with E-state index in [4.69, 9.17) is 4.74 Å². The van der Waals surface area contributed by atoms with Gasteiger partial charge >= 0.3 is 0 Å². The molecule has 1 atom stereocenters. The first-order valence-electron chi connectivity index (χ1n) is 10.8. The molecule has 158 valence electrons. The number of hydrogen-bond donors (Lipinski definition) is 1. The molecule has 2 amide bonds. The number of aliphatic hydroxyl groups excluding tert-OH is 1. The second-order valence-electron chi connectivity index (χ2n) is 7.81. The Morgan fingerprint density at radius 2 is 1.86 bits per heavy atom. The van der Waals surface area contributed by atoms with E-state index >= 15 is 0 Å². The third kappa shape index (κ3) is 5.06. The Morgan fingerprint density at radius 3 is 2.59 bits per heavy atom. The molecule has 2 heterocycles. The molecule has 3 rings (SSSR count).